The molecule has 1 aliphatic rings. The Morgan fingerprint density at radius 3 is 2.36 bits per heavy atom. The molecule has 0 radical (unpaired) electrons. The maximum atomic E-state index is 12.9. The van der Waals surface area contributed by atoms with Crippen molar-refractivity contribution in [1.29, 1.82) is 0 Å². The Hall–Kier alpha value is -2.63. The van der Waals surface area contributed by atoms with Crippen molar-refractivity contribution in [2.24, 2.45) is 0 Å². The molecule has 178 valence electrons. The van der Waals surface area contributed by atoms with Crippen molar-refractivity contribution in [3.63, 3.8) is 0 Å². The Balaban J connectivity index is 1.45. The van der Waals surface area contributed by atoms with Gasteiger partial charge in [0, 0.05) is 19.8 Å². The van der Waals surface area contributed by atoms with Crippen molar-refractivity contribution in [3.8, 4) is 0 Å². The molecule has 0 aromatic heterocycles. The van der Waals surface area contributed by atoms with Gasteiger partial charge >= 0.3 is 12.0 Å². The predicted molar refractivity (Wildman–Crippen MR) is 128 cm³/mol. The van der Waals surface area contributed by atoms with Gasteiger partial charge in [0.1, 0.15) is 12.6 Å². The molecule has 2 amide bonds. The summed E-state index contributed by atoms with van der Waals surface area (Å²) in [5.41, 5.74) is 2.09. The summed E-state index contributed by atoms with van der Waals surface area (Å²) in [5, 5.41) is 0. The molecular formula is C25H33N2O5P. The van der Waals surface area contributed by atoms with Gasteiger partial charge in [-0.15, -0.1) is 0 Å². The number of carbonyl (C=O) groups is 2. The van der Waals surface area contributed by atoms with E-state index in [1.807, 2.05) is 60.7 Å². The Kier molecular flexibility index (Phi) is 9.10. The van der Waals surface area contributed by atoms with Crippen LogP contribution in [0.1, 0.15) is 36.8 Å². The number of rotatable bonds is 10. The molecule has 2 aromatic rings. The quantitative estimate of drug-likeness (QED) is 0.313. The van der Waals surface area contributed by atoms with E-state index in [-0.39, 0.29) is 19.1 Å². The highest BCUT2D eigenvalue weighted by Gasteiger charge is 2.37. The van der Waals surface area contributed by atoms with E-state index in [2.05, 4.69) is 0 Å². The molecule has 33 heavy (non-hydrogen) atoms. The zero-order valence-corrected chi connectivity index (χ0v) is 20.0. The summed E-state index contributed by atoms with van der Waals surface area (Å²) in [4.78, 5) is 38.7. The largest absolute Gasteiger partial charge is 0.459 e. The zero-order valence-electron chi connectivity index (χ0n) is 19.1. The van der Waals surface area contributed by atoms with E-state index >= 15 is 0 Å². The van der Waals surface area contributed by atoms with Crippen LogP contribution in [0.15, 0.2) is 60.7 Å². The molecule has 0 bridgehead atoms. The third-order valence-corrected chi connectivity index (χ3v) is 7.70. The molecule has 1 heterocycles. The van der Waals surface area contributed by atoms with Crippen LogP contribution in [0.25, 0.3) is 0 Å². The summed E-state index contributed by atoms with van der Waals surface area (Å²) in [7, 11) is -1.98. The molecule has 1 unspecified atom stereocenters. The summed E-state index contributed by atoms with van der Waals surface area (Å²) < 4.78 is 18.1. The highest BCUT2D eigenvalue weighted by Crippen LogP contribution is 2.42. The van der Waals surface area contributed by atoms with Gasteiger partial charge in [0.25, 0.3) is 0 Å². The molecule has 1 saturated heterocycles. The fraction of sp³-hybridized carbons (Fsp3) is 0.440. The number of hydrogen-bond acceptors (Lipinski definition) is 4. The minimum absolute atomic E-state index is 0.156. The lowest BCUT2D eigenvalue weighted by molar-refractivity contribution is -0.149. The number of carbonyl (C=O) groups excluding carboxylic acids is 2. The molecule has 7 nitrogen and oxygen atoms in total. The molecule has 3 rings (SSSR count). The number of unbranched alkanes of at least 4 members (excludes halogenated alkanes) is 1. The van der Waals surface area contributed by atoms with E-state index < -0.39 is 25.4 Å². The molecule has 1 fully saturated rings. The third-order valence-electron chi connectivity index (χ3n) is 5.82. The number of esters is 1. The topological polar surface area (TPSA) is 87.2 Å². The number of ether oxygens (including phenoxy) is 1. The van der Waals surface area contributed by atoms with Crippen molar-refractivity contribution in [2.75, 3.05) is 26.0 Å². The maximum Gasteiger partial charge on any atom is 0.329 e. The minimum Gasteiger partial charge on any atom is -0.459 e. The average molecular weight is 473 g/mol. The molecule has 8 heteroatoms. The lowest BCUT2D eigenvalue weighted by Gasteiger charge is -2.29. The van der Waals surface area contributed by atoms with Crippen molar-refractivity contribution in [1.82, 2.24) is 9.80 Å². The van der Waals surface area contributed by atoms with Gasteiger partial charge in [-0.05, 0) is 43.2 Å². The van der Waals surface area contributed by atoms with Crippen molar-refractivity contribution >= 4 is 19.4 Å². The normalized spacial score (nSPS) is 17.4. The Morgan fingerprint density at radius 1 is 1.06 bits per heavy atom. The molecule has 0 spiro atoms. The van der Waals surface area contributed by atoms with Crippen molar-refractivity contribution < 1.29 is 23.8 Å². The van der Waals surface area contributed by atoms with Crippen LogP contribution >= 0.6 is 7.37 Å². The second kappa shape index (κ2) is 12.0. The van der Waals surface area contributed by atoms with E-state index in [4.69, 9.17) is 4.74 Å². The number of benzene rings is 2. The molecule has 0 saturated carbocycles. The molecule has 0 aliphatic carbocycles. The SMILES string of the molecule is CN(CP(=O)(O)CCCCc1ccccc1)C(=O)N1CCC[C@H]1C(=O)OCc1ccccc1. The van der Waals surface area contributed by atoms with Crippen LogP contribution in [0.3, 0.4) is 0 Å². The summed E-state index contributed by atoms with van der Waals surface area (Å²) >= 11 is 0. The Bertz CT molecular complexity index is 954. The summed E-state index contributed by atoms with van der Waals surface area (Å²) in [6, 6.07) is 18.3. The molecule has 2 atom stereocenters. The van der Waals surface area contributed by atoms with Gasteiger partial charge in [0.15, 0.2) is 0 Å². The fourth-order valence-electron chi connectivity index (χ4n) is 4.08. The van der Waals surface area contributed by atoms with Gasteiger partial charge in [-0.3, -0.25) is 4.57 Å². The van der Waals surface area contributed by atoms with Gasteiger partial charge in [-0.25, -0.2) is 9.59 Å². The van der Waals surface area contributed by atoms with E-state index in [1.54, 1.807) is 0 Å². The number of nitrogens with zero attached hydrogens (tertiary/aromatic N) is 2. The van der Waals surface area contributed by atoms with Crippen molar-refractivity contribution in [2.45, 2.75) is 44.8 Å². The van der Waals surface area contributed by atoms with Crippen LogP contribution in [-0.2, 0) is 27.1 Å². The van der Waals surface area contributed by atoms with Gasteiger partial charge in [0.2, 0.25) is 7.37 Å². The second-order valence-electron chi connectivity index (χ2n) is 8.58. The number of aryl methyl sites for hydroxylation is 1. The summed E-state index contributed by atoms with van der Waals surface area (Å²) in [6.45, 7) is 0.587. The first-order valence-electron chi connectivity index (χ1n) is 11.4. The van der Waals surface area contributed by atoms with Gasteiger partial charge < -0.3 is 19.4 Å². The Labute approximate surface area is 195 Å². The Morgan fingerprint density at radius 2 is 1.70 bits per heavy atom. The van der Waals surface area contributed by atoms with Crippen LogP contribution in [0.4, 0.5) is 4.79 Å². The predicted octanol–water partition coefficient (Wildman–Crippen LogP) is 4.50. The van der Waals surface area contributed by atoms with Crippen LogP contribution in [0.5, 0.6) is 0 Å². The first-order valence-corrected chi connectivity index (χ1v) is 13.5. The second-order valence-corrected chi connectivity index (χ2v) is 11.0. The first-order chi connectivity index (χ1) is 15.9. The van der Waals surface area contributed by atoms with E-state index in [9.17, 15) is 19.0 Å². The fourth-order valence-corrected chi connectivity index (χ4v) is 5.72. The van der Waals surface area contributed by atoms with E-state index in [0.29, 0.717) is 25.8 Å². The number of amides is 2. The van der Waals surface area contributed by atoms with Crippen molar-refractivity contribution in [3.05, 3.63) is 71.8 Å². The van der Waals surface area contributed by atoms with Crippen LogP contribution in [0.2, 0.25) is 0 Å². The standard InChI is InChI=1S/C25H33N2O5P/c1-26(20-33(30,31)18-9-8-13-21-11-4-2-5-12-21)25(29)27-17-10-16-23(27)24(28)32-19-22-14-6-3-7-15-22/h2-7,11-12,14-15,23H,8-10,13,16-20H2,1H3,(H,30,31)/t23-/m0/s1. The lowest BCUT2D eigenvalue weighted by atomic mass is 10.1. The average Bonchev–Trinajstić information content (AvgIpc) is 3.31. The van der Waals surface area contributed by atoms with Gasteiger partial charge in [0.05, 0.1) is 6.29 Å². The van der Waals surface area contributed by atoms with E-state index in [0.717, 1.165) is 18.4 Å². The smallest absolute Gasteiger partial charge is 0.329 e. The van der Waals surface area contributed by atoms with Crippen LogP contribution in [0, 0.1) is 0 Å². The highest BCUT2D eigenvalue weighted by molar-refractivity contribution is 7.57. The van der Waals surface area contributed by atoms with Crippen LogP contribution < -0.4 is 0 Å². The van der Waals surface area contributed by atoms with Gasteiger partial charge in [-0.2, -0.15) is 0 Å². The molecule has 2 aromatic carbocycles. The lowest BCUT2D eigenvalue weighted by Crippen LogP contribution is -2.47. The van der Waals surface area contributed by atoms with E-state index in [1.165, 1.54) is 22.4 Å². The zero-order chi connectivity index (χ0) is 23.7. The molecule has 1 N–H and O–H groups in total. The maximum absolute atomic E-state index is 12.9. The summed E-state index contributed by atoms with van der Waals surface area (Å²) in [5.74, 6) is -0.439. The molecular weight excluding hydrogens is 439 g/mol. The first kappa shape index (κ1) is 25.0. The minimum atomic E-state index is -3.50. The highest BCUT2D eigenvalue weighted by atomic mass is 31.2. The monoisotopic (exact) mass is 472 g/mol. The summed E-state index contributed by atoms with van der Waals surface area (Å²) in [6.07, 6.45) is 3.45. The number of urea groups is 1. The van der Waals surface area contributed by atoms with Gasteiger partial charge in [-0.1, -0.05) is 60.7 Å². The number of hydrogen-bond donors (Lipinski definition) is 1. The number of likely N-dealkylation sites (tertiary alicyclic amines) is 1. The third kappa shape index (κ3) is 7.72. The molecule has 1 aliphatic heterocycles. The van der Waals surface area contributed by atoms with Crippen LogP contribution in [-0.4, -0.2) is 58.8 Å².